The first-order valence-corrected chi connectivity index (χ1v) is 12.4. The third-order valence-electron chi connectivity index (χ3n) is 4.33. The highest BCUT2D eigenvalue weighted by Crippen LogP contribution is 2.25. The summed E-state index contributed by atoms with van der Waals surface area (Å²) in [6, 6.07) is 17.8. The van der Waals surface area contributed by atoms with Crippen molar-refractivity contribution in [3.63, 3.8) is 0 Å². The maximum atomic E-state index is 5.86. The molecule has 0 saturated heterocycles. The van der Waals surface area contributed by atoms with Gasteiger partial charge in [0.1, 0.15) is 6.73 Å². The molecule has 3 rings (SSSR count). The van der Waals surface area contributed by atoms with E-state index in [2.05, 4.69) is 61.7 Å². The van der Waals surface area contributed by atoms with Gasteiger partial charge in [0, 0.05) is 20.1 Å². The lowest BCUT2D eigenvalue weighted by Crippen LogP contribution is -2.22. The van der Waals surface area contributed by atoms with E-state index in [-0.39, 0.29) is 0 Å². The molecule has 0 fully saturated rings. The predicted octanol–water partition coefficient (Wildman–Crippen LogP) is 5.41. The molecule has 25 heavy (non-hydrogen) atoms. The highest BCUT2D eigenvalue weighted by Gasteiger charge is 2.12. The Hall–Kier alpha value is -2.17. The van der Waals surface area contributed by atoms with Crippen molar-refractivity contribution in [2.75, 3.05) is 6.61 Å². The number of fused-ring (bicyclic) bond motifs is 1. The topological polar surface area (TPSA) is 27.1 Å². The fourth-order valence-electron chi connectivity index (χ4n) is 2.70. The van der Waals surface area contributed by atoms with Gasteiger partial charge in [-0.05, 0) is 28.8 Å². The van der Waals surface area contributed by atoms with Gasteiger partial charge in [0.05, 0.1) is 11.7 Å². The average molecular weight is 351 g/mol. The second-order valence-electron chi connectivity index (χ2n) is 7.61. The van der Waals surface area contributed by atoms with E-state index in [9.17, 15) is 0 Å². The Morgan fingerprint density at radius 2 is 1.84 bits per heavy atom. The summed E-state index contributed by atoms with van der Waals surface area (Å²) in [5.74, 6) is 0. The molecular formula is C21H26N2OSi. The van der Waals surface area contributed by atoms with E-state index < -0.39 is 8.07 Å². The van der Waals surface area contributed by atoms with Crippen molar-refractivity contribution in [1.82, 2.24) is 9.78 Å². The molecule has 3 nitrogen and oxygen atoms in total. The second kappa shape index (κ2) is 7.38. The Labute approximate surface area is 151 Å². The molecule has 3 aromatic rings. The molecule has 0 aliphatic heterocycles. The molecule has 0 N–H and O–H groups in total. The summed E-state index contributed by atoms with van der Waals surface area (Å²) in [6.45, 7) is 12.6. The molecule has 2 aromatic carbocycles. The minimum Gasteiger partial charge on any atom is -0.360 e. The summed E-state index contributed by atoms with van der Waals surface area (Å²) >= 11 is 0. The number of ether oxygens (including phenoxy) is 1. The molecule has 4 heteroatoms. The Balaban J connectivity index is 1.77. The first-order chi connectivity index (χ1) is 11.9. The zero-order chi connectivity index (χ0) is 17.9. The van der Waals surface area contributed by atoms with Crippen LogP contribution >= 0.6 is 0 Å². The molecule has 0 aliphatic carbocycles. The first kappa shape index (κ1) is 17.6. The number of hydrogen-bond acceptors (Lipinski definition) is 2. The van der Waals surface area contributed by atoms with Gasteiger partial charge >= 0.3 is 0 Å². The minimum absolute atomic E-state index is 0.495. The maximum Gasteiger partial charge on any atom is 0.139 e. The van der Waals surface area contributed by atoms with Crippen LogP contribution in [-0.4, -0.2) is 24.5 Å². The van der Waals surface area contributed by atoms with Crippen molar-refractivity contribution >= 4 is 24.5 Å². The lowest BCUT2D eigenvalue weighted by molar-refractivity contribution is 0.0817. The SMILES string of the molecule is C=C(c1ccccc1)c1ccc2cnn(COCC[Si](C)(C)C)c2c1. The summed E-state index contributed by atoms with van der Waals surface area (Å²) in [7, 11) is -1.06. The Bertz CT molecular complexity index is 862. The largest absolute Gasteiger partial charge is 0.360 e. The molecular weight excluding hydrogens is 324 g/mol. The van der Waals surface area contributed by atoms with Crippen LogP contribution in [0, 0.1) is 0 Å². The van der Waals surface area contributed by atoms with Gasteiger partial charge in [-0.1, -0.05) is 68.7 Å². The van der Waals surface area contributed by atoms with Crippen LogP contribution in [0.25, 0.3) is 16.5 Å². The molecule has 0 bridgehead atoms. The average Bonchev–Trinajstić information content (AvgIpc) is 3.00. The number of nitrogens with zero attached hydrogens (tertiary/aromatic N) is 2. The molecule has 0 spiro atoms. The summed E-state index contributed by atoms with van der Waals surface area (Å²) in [5, 5.41) is 5.60. The maximum absolute atomic E-state index is 5.86. The minimum atomic E-state index is -1.06. The lowest BCUT2D eigenvalue weighted by Gasteiger charge is -2.15. The molecule has 0 amide bonds. The molecule has 0 saturated carbocycles. The zero-order valence-electron chi connectivity index (χ0n) is 15.3. The monoisotopic (exact) mass is 350 g/mol. The smallest absolute Gasteiger partial charge is 0.139 e. The van der Waals surface area contributed by atoms with E-state index in [1.807, 2.05) is 29.1 Å². The standard InChI is InChI=1S/C21H26N2OSi/c1-17(18-8-6-5-7-9-18)19-10-11-20-15-22-23(21(20)14-19)16-24-12-13-25(2,3)4/h5-11,14-15H,1,12-13,16H2,2-4H3. The summed E-state index contributed by atoms with van der Waals surface area (Å²) < 4.78 is 7.79. The van der Waals surface area contributed by atoms with Crippen molar-refractivity contribution in [2.24, 2.45) is 0 Å². The molecule has 0 unspecified atom stereocenters. The van der Waals surface area contributed by atoms with Gasteiger partial charge < -0.3 is 4.74 Å². The van der Waals surface area contributed by atoms with Crippen molar-refractivity contribution in [2.45, 2.75) is 32.4 Å². The van der Waals surface area contributed by atoms with Crippen LogP contribution in [0.15, 0.2) is 61.3 Å². The quantitative estimate of drug-likeness (QED) is 0.421. The second-order valence-corrected chi connectivity index (χ2v) is 13.2. The van der Waals surface area contributed by atoms with Crippen LogP contribution in [0.1, 0.15) is 11.1 Å². The van der Waals surface area contributed by atoms with E-state index >= 15 is 0 Å². The van der Waals surface area contributed by atoms with E-state index in [0.717, 1.165) is 34.2 Å². The van der Waals surface area contributed by atoms with Gasteiger partial charge in [-0.3, -0.25) is 0 Å². The van der Waals surface area contributed by atoms with Crippen LogP contribution in [0.2, 0.25) is 25.7 Å². The molecule has 1 aromatic heterocycles. The van der Waals surface area contributed by atoms with Crippen LogP contribution < -0.4 is 0 Å². The Kier molecular flexibility index (Phi) is 5.21. The van der Waals surface area contributed by atoms with E-state index in [4.69, 9.17) is 4.74 Å². The van der Waals surface area contributed by atoms with E-state index in [0.29, 0.717) is 6.73 Å². The molecule has 0 aliphatic rings. The normalized spacial score (nSPS) is 11.8. The van der Waals surface area contributed by atoms with Gasteiger partial charge in [0.25, 0.3) is 0 Å². The zero-order valence-corrected chi connectivity index (χ0v) is 16.3. The Morgan fingerprint density at radius 1 is 1.08 bits per heavy atom. The number of aromatic nitrogens is 2. The highest BCUT2D eigenvalue weighted by atomic mass is 28.3. The molecule has 0 atom stereocenters. The summed E-state index contributed by atoms with van der Waals surface area (Å²) in [4.78, 5) is 0. The van der Waals surface area contributed by atoms with Crippen LogP contribution in [0.3, 0.4) is 0 Å². The number of rotatable bonds is 7. The van der Waals surface area contributed by atoms with Crippen LogP contribution in [0.4, 0.5) is 0 Å². The highest BCUT2D eigenvalue weighted by molar-refractivity contribution is 6.76. The molecule has 1 heterocycles. The van der Waals surface area contributed by atoms with Crippen molar-refractivity contribution in [1.29, 1.82) is 0 Å². The summed E-state index contributed by atoms with van der Waals surface area (Å²) in [6.07, 6.45) is 1.90. The van der Waals surface area contributed by atoms with Gasteiger partial charge in [-0.2, -0.15) is 5.10 Å². The summed E-state index contributed by atoms with van der Waals surface area (Å²) in [5.41, 5.74) is 4.36. The van der Waals surface area contributed by atoms with Gasteiger partial charge in [-0.25, -0.2) is 4.68 Å². The predicted molar refractivity (Wildman–Crippen MR) is 108 cm³/mol. The van der Waals surface area contributed by atoms with Crippen LogP contribution in [0.5, 0.6) is 0 Å². The van der Waals surface area contributed by atoms with E-state index in [1.54, 1.807) is 0 Å². The van der Waals surface area contributed by atoms with E-state index in [1.165, 1.54) is 6.04 Å². The van der Waals surface area contributed by atoms with Crippen molar-refractivity contribution in [3.8, 4) is 0 Å². The third kappa shape index (κ3) is 4.47. The van der Waals surface area contributed by atoms with Gasteiger partial charge in [0.2, 0.25) is 0 Å². The fourth-order valence-corrected chi connectivity index (χ4v) is 3.45. The number of benzene rings is 2. The lowest BCUT2D eigenvalue weighted by atomic mass is 9.99. The molecule has 130 valence electrons. The third-order valence-corrected chi connectivity index (χ3v) is 6.03. The first-order valence-electron chi connectivity index (χ1n) is 8.72. The molecule has 0 radical (unpaired) electrons. The van der Waals surface area contributed by atoms with Crippen molar-refractivity contribution < 1.29 is 4.74 Å². The Morgan fingerprint density at radius 3 is 2.56 bits per heavy atom. The van der Waals surface area contributed by atoms with Gasteiger partial charge in [0.15, 0.2) is 0 Å². The van der Waals surface area contributed by atoms with Gasteiger partial charge in [-0.15, -0.1) is 0 Å². The number of hydrogen-bond donors (Lipinski definition) is 0. The van der Waals surface area contributed by atoms with Crippen LogP contribution in [-0.2, 0) is 11.5 Å². The fraction of sp³-hybridized carbons (Fsp3) is 0.286. The van der Waals surface area contributed by atoms with Crippen molar-refractivity contribution in [3.05, 3.63) is 72.4 Å².